The Hall–Kier alpha value is -0.720. The summed E-state index contributed by atoms with van der Waals surface area (Å²) in [6.45, 7) is 2.56. The van der Waals surface area contributed by atoms with Gasteiger partial charge >= 0.3 is 0 Å². The maximum atomic E-state index is 13.6. The number of nitrogens with one attached hydrogen (secondary N) is 1. The van der Waals surface area contributed by atoms with Crippen LogP contribution in [-0.4, -0.2) is 29.8 Å². The smallest absolute Gasteiger partial charge is 0.166 e. The lowest BCUT2D eigenvalue weighted by atomic mass is 9.83. The topological polar surface area (TPSA) is 60.2 Å². The number of anilines is 1. The molecule has 3 unspecified atom stereocenters. The van der Waals surface area contributed by atoms with Crippen LogP contribution in [0.2, 0.25) is 0 Å². The van der Waals surface area contributed by atoms with Crippen LogP contribution in [0, 0.1) is 5.82 Å². The van der Waals surface area contributed by atoms with Crippen molar-refractivity contribution in [2.45, 2.75) is 31.5 Å². The van der Waals surface area contributed by atoms with Crippen molar-refractivity contribution in [1.29, 1.82) is 0 Å². The molecule has 1 aromatic rings. The normalized spacial score (nSPS) is 27.6. The third-order valence-electron chi connectivity index (χ3n) is 2.86. The SMILES string of the molecule is CCOC1CC(N)C1Nc1ncc(Br)cc1F. The van der Waals surface area contributed by atoms with Crippen molar-refractivity contribution in [1.82, 2.24) is 4.98 Å². The van der Waals surface area contributed by atoms with Gasteiger partial charge in [0.15, 0.2) is 11.6 Å². The van der Waals surface area contributed by atoms with E-state index >= 15 is 0 Å². The van der Waals surface area contributed by atoms with Crippen LogP contribution in [0.3, 0.4) is 0 Å². The molecule has 3 N–H and O–H groups in total. The number of pyridine rings is 1. The third-order valence-corrected chi connectivity index (χ3v) is 3.29. The van der Waals surface area contributed by atoms with Crippen molar-refractivity contribution in [3.05, 3.63) is 22.6 Å². The molecule has 17 heavy (non-hydrogen) atoms. The van der Waals surface area contributed by atoms with Crippen molar-refractivity contribution < 1.29 is 9.13 Å². The monoisotopic (exact) mass is 303 g/mol. The molecule has 1 aromatic heterocycles. The first-order valence-corrected chi connectivity index (χ1v) is 6.36. The second-order valence-corrected chi connectivity index (χ2v) is 4.96. The highest BCUT2D eigenvalue weighted by Crippen LogP contribution is 2.27. The standard InChI is InChI=1S/C11H15BrFN3O/c1-2-17-9-4-8(14)10(9)16-11-7(13)3-6(12)5-15-11/h3,5,8-10H,2,4,14H2,1H3,(H,15,16). The van der Waals surface area contributed by atoms with Gasteiger partial charge in [-0.1, -0.05) is 0 Å². The molecule has 1 aliphatic rings. The van der Waals surface area contributed by atoms with E-state index in [0.717, 1.165) is 6.42 Å². The number of aromatic nitrogens is 1. The fourth-order valence-electron chi connectivity index (χ4n) is 1.91. The Morgan fingerprint density at radius 2 is 2.47 bits per heavy atom. The number of nitrogens with two attached hydrogens (primary N) is 1. The Bertz CT molecular complexity index is 402. The lowest BCUT2D eigenvalue weighted by Crippen LogP contribution is -2.60. The molecule has 1 heterocycles. The Morgan fingerprint density at radius 3 is 3.06 bits per heavy atom. The first-order valence-electron chi connectivity index (χ1n) is 5.56. The van der Waals surface area contributed by atoms with Gasteiger partial charge in [-0.2, -0.15) is 0 Å². The van der Waals surface area contributed by atoms with Crippen LogP contribution in [0.5, 0.6) is 0 Å². The maximum Gasteiger partial charge on any atom is 0.166 e. The van der Waals surface area contributed by atoms with Crippen LogP contribution in [0.1, 0.15) is 13.3 Å². The van der Waals surface area contributed by atoms with Crippen LogP contribution in [0.15, 0.2) is 16.7 Å². The molecule has 0 spiro atoms. The van der Waals surface area contributed by atoms with E-state index in [1.165, 1.54) is 6.07 Å². The molecule has 2 rings (SSSR count). The minimum atomic E-state index is -0.395. The van der Waals surface area contributed by atoms with E-state index in [0.29, 0.717) is 11.1 Å². The van der Waals surface area contributed by atoms with Crippen LogP contribution < -0.4 is 11.1 Å². The van der Waals surface area contributed by atoms with Gasteiger partial charge in [-0.25, -0.2) is 9.37 Å². The molecule has 1 aliphatic carbocycles. The minimum Gasteiger partial charge on any atom is -0.376 e. The third kappa shape index (κ3) is 2.75. The summed E-state index contributed by atoms with van der Waals surface area (Å²) in [5, 5.41) is 3.00. The molecule has 0 bridgehead atoms. The molecule has 1 saturated carbocycles. The second-order valence-electron chi connectivity index (χ2n) is 4.05. The lowest BCUT2D eigenvalue weighted by Gasteiger charge is -2.42. The average Bonchev–Trinajstić information content (AvgIpc) is 2.27. The zero-order valence-electron chi connectivity index (χ0n) is 9.49. The van der Waals surface area contributed by atoms with E-state index in [1.807, 2.05) is 6.92 Å². The number of nitrogens with zero attached hydrogens (tertiary/aromatic N) is 1. The summed E-state index contributed by atoms with van der Waals surface area (Å²) in [7, 11) is 0. The van der Waals surface area contributed by atoms with E-state index in [-0.39, 0.29) is 24.0 Å². The number of ether oxygens (including phenoxy) is 1. The average molecular weight is 304 g/mol. The van der Waals surface area contributed by atoms with Gasteiger partial charge < -0.3 is 15.8 Å². The first-order chi connectivity index (χ1) is 8.11. The summed E-state index contributed by atoms with van der Waals surface area (Å²) in [5.74, 6) is -0.174. The largest absolute Gasteiger partial charge is 0.376 e. The van der Waals surface area contributed by atoms with Crippen molar-refractivity contribution >= 4 is 21.7 Å². The lowest BCUT2D eigenvalue weighted by molar-refractivity contribution is -0.0128. The Labute approximate surface area is 108 Å². The summed E-state index contributed by atoms with van der Waals surface area (Å²) < 4.78 is 19.7. The fraction of sp³-hybridized carbons (Fsp3) is 0.545. The minimum absolute atomic E-state index is 0.0172. The van der Waals surface area contributed by atoms with Crippen LogP contribution in [0.4, 0.5) is 10.2 Å². The van der Waals surface area contributed by atoms with Gasteiger partial charge in [-0.05, 0) is 35.3 Å². The maximum absolute atomic E-state index is 13.6. The predicted molar refractivity (Wildman–Crippen MR) is 67.3 cm³/mol. The molecule has 4 nitrogen and oxygen atoms in total. The second kappa shape index (κ2) is 5.29. The van der Waals surface area contributed by atoms with Crippen LogP contribution >= 0.6 is 15.9 Å². The summed E-state index contributed by atoms with van der Waals surface area (Å²) >= 11 is 3.16. The van der Waals surface area contributed by atoms with Gasteiger partial charge in [0.25, 0.3) is 0 Å². The fourth-order valence-corrected chi connectivity index (χ4v) is 2.21. The van der Waals surface area contributed by atoms with Crippen molar-refractivity contribution in [3.8, 4) is 0 Å². The number of halogens is 2. The zero-order chi connectivity index (χ0) is 12.4. The molecular formula is C11H15BrFN3O. The van der Waals surface area contributed by atoms with E-state index in [1.54, 1.807) is 6.20 Å². The van der Waals surface area contributed by atoms with Gasteiger partial charge in [-0.3, -0.25) is 0 Å². The van der Waals surface area contributed by atoms with E-state index in [2.05, 4.69) is 26.2 Å². The molecule has 0 aromatic carbocycles. The van der Waals surface area contributed by atoms with Gasteiger partial charge in [0.1, 0.15) is 0 Å². The molecular weight excluding hydrogens is 289 g/mol. The van der Waals surface area contributed by atoms with Crippen LogP contribution in [-0.2, 0) is 4.74 Å². The quantitative estimate of drug-likeness (QED) is 0.892. The molecule has 94 valence electrons. The summed E-state index contributed by atoms with van der Waals surface area (Å²) in [6, 6.07) is 1.28. The van der Waals surface area contributed by atoms with Gasteiger partial charge in [0.2, 0.25) is 0 Å². The summed E-state index contributed by atoms with van der Waals surface area (Å²) in [5.41, 5.74) is 5.87. The molecule has 0 radical (unpaired) electrons. The highest BCUT2D eigenvalue weighted by atomic mass is 79.9. The van der Waals surface area contributed by atoms with E-state index in [4.69, 9.17) is 10.5 Å². The van der Waals surface area contributed by atoms with E-state index < -0.39 is 5.82 Å². The molecule has 1 fully saturated rings. The number of hydrogen-bond donors (Lipinski definition) is 2. The Balaban J connectivity index is 2.04. The van der Waals surface area contributed by atoms with E-state index in [9.17, 15) is 4.39 Å². The van der Waals surface area contributed by atoms with Crippen molar-refractivity contribution in [3.63, 3.8) is 0 Å². The molecule has 0 amide bonds. The number of rotatable bonds is 4. The highest BCUT2D eigenvalue weighted by Gasteiger charge is 2.39. The first kappa shape index (κ1) is 12.7. The summed E-state index contributed by atoms with van der Waals surface area (Å²) in [6.07, 6.45) is 2.38. The highest BCUT2D eigenvalue weighted by molar-refractivity contribution is 9.10. The van der Waals surface area contributed by atoms with Gasteiger partial charge in [0, 0.05) is 23.3 Å². The van der Waals surface area contributed by atoms with Crippen molar-refractivity contribution in [2.24, 2.45) is 5.73 Å². The molecule has 0 saturated heterocycles. The summed E-state index contributed by atoms with van der Waals surface area (Å²) in [4.78, 5) is 3.98. The zero-order valence-corrected chi connectivity index (χ0v) is 11.1. The number of hydrogen-bond acceptors (Lipinski definition) is 4. The Morgan fingerprint density at radius 1 is 1.71 bits per heavy atom. The molecule has 0 aliphatic heterocycles. The van der Waals surface area contributed by atoms with Crippen molar-refractivity contribution in [2.75, 3.05) is 11.9 Å². The molecule has 6 heteroatoms. The predicted octanol–water partition coefficient (Wildman–Crippen LogP) is 1.90. The van der Waals surface area contributed by atoms with Gasteiger partial charge in [0.05, 0.1) is 12.1 Å². The molecule has 3 atom stereocenters. The van der Waals surface area contributed by atoms with Crippen LogP contribution in [0.25, 0.3) is 0 Å². The Kier molecular flexibility index (Phi) is 3.96. The van der Waals surface area contributed by atoms with Gasteiger partial charge in [-0.15, -0.1) is 0 Å².